The van der Waals surface area contributed by atoms with Crippen LogP contribution in [0, 0.1) is 21.3 Å². The summed E-state index contributed by atoms with van der Waals surface area (Å²) in [6.07, 6.45) is 10.3. The lowest BCUT2D eigenvalue weighted by molar-refractivity contribution is -0.384. The molecule has 352 valence electrons. The van der Waals surface area contributed by atoms with E-state index >= 15 is 8.78 Å². The molecule has 16 nitrogen and oxygen atoms in total. The molecule has 3 aromatic carbocycles. The SMILES string of the molecule is CC(C)c1ccccc1[C@@H]1CCCN1C1CC2(CCN(c3cc(Oc4cnc5[nH]ccc5c4)c(C(=O)NS(=O)(=O)c4cc([N+](=O)[O-])c(NCC5(F)CCOCC5)c5ocnc45)cc3F)CC2)C1. The lowest BCUT2D eigenvalue weighted by Crippen LogP contribution is -2.55. The number of sulfonamides is 1. The van der Waals surface area contributed by atoms with Crippen LogP contribution in [-0.4, -0.2) is 90.2 Å². The quantitative estimate of drug-likeness (QED) is 0.0732. The number of nitrogens with zero attached hydrogens (tertiary/aromatic N) is 5. The number of hydrogen-bond donors (Lipinski definition) is 3. The standard InChI is InChI=1S/C48H52F2N8O8S/c1-29(2)33-6-3-4-7-34(33)37-8-5-15-57(37)31-24-47(25-31)10-16-56(17-11-47)38-22-40(66-32-20-30-9-14-51-45(30)52-26-32)35(21-36(38)49)46(59)55-67(62,63)41-23-39(58(60)61)42(44-43(41)54-28-65-44)53-27-48(50)12-18-64-19-13-48/h3-4,6-7,9,14,20-23,26,28-29,31,37,53H,5,8,10-13,15-19,24-25,27H2,1-2H3,(H,51,52)(H,55,59)/t37-/m0/s1. The van der Waals surface area contributed by atoms with Crippen molar-refractivity contribution in [3.8, 4) is 11.5 Å². The van der Waals surface area contributed by atoms with Crippen LogP contribution in [0.2, 0.25) is 0 Å². The molecule has 4 fully saturated rings. The zero-order valence-corrected chi connectivity index (χ0v) is 38.0. The van der Waals surface area contributed by atoms with Gasteiger partial charge in [0.15, 0.2) is 17.7 Å². The summed E-state index contributed by atoms with van der Waals surface area (Å²) in [7, 11) is -4.98. The van der Waals surface area contributed by atoms with Gasteiger partial charge in [0.1, 0.15) is 39.0 Å². The van der Waals surface area contributed by atoms with Gasteiger partial charge in [0.2, 0.25) is 0 Å². The average molecular weight is 939 g/mol. The van der Waals surface area contributed by atoms with Gasteiger partial charge in [-0.3, -0.25) is 19.8 Å². The molecule has 67 heavy (non-hydrogen) atoms. The fourth-order valence-corrected chi connectivity index (χ4v) is 11.9. The van der Waals surface area contributed by atoms with E-state index in [4.69, 9.17) is 13.9 Å². The largest absolute Gasteiger partial charge is 0.455 e. The zero-order chi connectivity index (χ0) is 46.7. The van der Waals surface area contributed by atoms with Gasteiger partial charge in [-0.25, -0.2) is 31.9 Å². The second-order valence-corrected chi connectivity index (χ2v) is 20.5. The van der Waals surface area contributed by atoms with Crippen LogP contribution in [0.3, 0.4) is 0 Å². The molecule has 0 unspecified atom stereocenters. The fraction of sp³-hybridized carbons (Fsp3) is 0.438. The molecule has 1 atom stereocenters. The number of carbonyl (C=O) groups is 1. The first-order valence-electron chi connectivity index (χ1n) is 22.9. The topological polar surface area (TPSA) is 198 Å². The van der Waals surface area contributed by atoms with Crippen LogP contribution < -0.4 is 19.7 Å². The fourth-order valence-electron chi connectivity index (χ4n) is 10.7. The van der Waals surface area contributed by atoms with Gasteiger partial charge in [-0.2, -0.15) is 0 Å². The third kappa shape index (κ3) is 8.56. The van der Waals surface area contributed by atoms with E-state index in [1.807, 2.05) is 9.62 Å². The average Bonchev–Trinajstić information content (AvgIpc) is 4.10. The number of amides is 1. The number of aromatic amines is 1. The maximum Gasteiger partial charge on any atom is 0.297 e. The lowest BCUT2D eigenvalue weighted by atomic mass is 9.59. The number of nitrogens with one attached hydrogen (secondary N) is 3. The van der Waals surface area contributed by atoms with Crippen LogP contribution in [0.1, 0.15) is 98.7 Å². The minimum Gasteiger partial charge on any atom is -0.455 e. The molecule has 0 bridgehead atoms. The van der Waals surface area contributed by atoms with Crippen molar-refractivity contribution in [3.63, 3.8) is 0 Å². The second kappa shape index (κ2) is 17.5. The van der Waals surface area contributed by atoms with Crippen molar-refractivity contribution in [2.45, 2.75) is 93.8 Å². The van der Waals surface area contributed by atoms with Crippen molar-refractivity contribution >= 4 is 55.1 Å². The number of hydrogen-bond acceptors (Lipinski definition) is 13. The summed E-state index contributed by atoms with van der Waals surface area (Å²) in [5.74, 6) is -1.53. The van der Waals surface area contributed by atoms with Gasteiger partial charge in [0, 0.05) is 81.5 Å². The van der Waals surface area contributed by atoms with Gasteiger partial charge in [-0.1, -0.05) is 38.1 Å². The number of nitro groups is 1. The molecular formula is C48H52F2N8O8S. The van der Waals surface area contributed by atoms with Crippen molar-refractivity contribution in [2.75, 3.05) is 49.6 Å². The van der Waals surface area contributed by atoms with E-state index in [1.54, 1.807) is 18.3 Å². The maximum atomic E-state index is 16.5. The Kier molecular flexibility index (Phi) is 11.6. The number of aromatic nitrogens is 3. The van der Waals surface area contributed by atoms with Crippen LogP contribution in [0.4, 0.5) is 25.8 Å². The Bertz CT molecular complexity index is 2970. The Balaban J connectivity index is 0.896. The van der Waals surface area contributed by atoms with Crippen LogP contribution >= 0.6 is 0 Å². The van der Waals surface area contributed by atoms with Gasteiger partial charge >= 0.3 is 0 Å². The molecule has 0 radical (unpaired) electrons. The van der Waals surface area contributed by atoms with E-state index in [2.05, 4.69) is 63.3 Å². The van der Waals surface area contributed by atoms with Gasteiger partial charge in [0.25, 0.3) is 21.6 Å². The molecule has 1 spiro atoms. The molecule has 4 aliphatic rings. The number of anilines is 2. The number of piperidine rings is 1. The Morgan fingerprint density at radius 2 is 1.84 bits per heavy atom. The van der Waals surface area contributed by atoms with E-state index in [9.17, 15) is 23.3 Å². The second-order valence-electron chi connectivity index (χ2n) is 18.8. The highest BCUT2D eigenvalue weighted by Gasteiger charge is 2.50. The van der Waals surface area contributed by atoms with E-state index in [0.29, 0.717) is 42.1 Å². The number of alkyl halides is 1. The van der Waals surface area contributed by atoms with Gasteiger partial charge < -0.3 is 29.1 Å². The van der Waals surface area contributed by atoms with Crippen molar-refractivity contribution in [3.05, 3.63) is 106 Å². The molecule has 3 saturated heterocycles. The van der Waals surface area contributed by atoms with Gasteiger partial charge in [0.05, 0.1) is 22.4 Å². The summed E-state index contributed by atoms with van der Waals surface area (Å²) in [6.45, 7) is 6.71. The number of oxazole rings is 1. The van der Waals surface area contributed by atoms with E-state index in [1.165, 1.54) is 29.8 Å². The highest BCUT2D eigenvalue weighted by molar-refractivity contribution is 7.90. The minimum absolute atomic E-state index is 0.0457. The highest BCUT2D eigenvalue weighted by Crippen LogP contribution is 2.54. The summed E-state index contributed by atoms with van der Waals surface area (Å²) < 4.78 is 79.1. The van der Waals surface area contributed by atoms with Crippen molar-refractivity contribution < 1.29 is 40.8 Å². The summed E-state index contributed by atoms with van der Waals surface area (Å²) in [6, 6.07) is 16.2. The number of halogens is 2. The smallest absolute Gasteiger partial charge is 0.297 e. The molecule has 6 heterocycles. The first-order chi connectivity index (χ1) is 32.2. The predicted molar refractivity (Wildman–Crippen MR) is 246 cm³/mol. The Morgan fingerprint density at radius 3 is 2.60 bits per heavy atom. The van der Waals surface area contributed by atoms with Crippen LogP contribution in [-0.2, 0) is 14.8 Å². The number of pyridine rings is 1. The Labute approximate surface area is 385 Å². The number of benzene rings is 3. The lowest BCUT2D eigenvalue weighted by Gasteiger charge is -2.56. The number of fused-ring (bicyclic) bond motifs is 2. The number of likely N-dealkylation sites (tertiary alicyclic amines) is 1. The summed E-state index contributed by atoms with van der Waals surface area (Å²) in [4.78, 5) is 40.9. The molecule has 3 N–H and O–H groups in total. The van der Waals surface area contributed by atoms with E-state index < -0.39 is 48.5 Å². The molecule has 19 heteroatoms. The maximum absolute atomic E-state index is 16.5. The van der Waals surface area contributed by atoms with Gasteiger partial charge in [-0.15, -0.1) is 0 Å². The molecule has 3 aromatic heterocycles. The summed E-state index contributed by atoms with van der Waals surface area (Å²) in [5, 5.41) is 15.8. The number of H-pyrrole nitrogens is 1. The summed E-state index contributed by atoms with van der Waals surface area (Å²) in [5.41, 5.74) is -0.154. The zero-order valence-electron chi connectivity index (χ0n) is 37.2. The molecule has 10 rings (SSSR count). The van der Waals surface area contributed by atoms with Crippen LogP contribution in [0.15, 0.2) is 82.7 Å². The molecule has 3 aliphatic heterocycles. The summed E-state index contributed by atoms with van der Waals surface area (Å²) >= 11 is 0. The van der Waals surface area contributed by atoms with Crippen LogP contribution in [0.25, 0.3) is 22.1 Å². The third-order valence-electron chi connectivity index (χ3n) is 14.4. The monoisotopic (exact) mass is 938 g/mol. The number of ether oxygens (including phenoxy) is 2. The van der Waals surface area contributed by atoms with Crippen molar-refractivity contribution in [2.24, 2.45) is 5.41 Å². The Morgan fingerprint density at radius 1 is 1.06 bits per heavy atom. The predicted octanol–water partition coefficient (Wildman–Crippen LogP) is 9.30. The molecular weight excluding hydrogens is 887 g/mol. The van der Waals surface area contributed by atoms with Crippen molar-refractivity contribution in [1.82, 2.24) is 24.6 Å². The highest BCUT2D eigenvalue weighted by atomic mass is 32.2. The number of nitro benzene ring substituents is 1. The number of carbonyl (C=O) groups excluding carboxylic acids is 1. The minimum atomic E-state index is -4.98. The van der Waals surface area contributed by atoms with E-state index in [0.717, 1.165) is 57.2 Å². The first kappa shape index (κ1) is 44.6. The molecule has 1 saturated carbocycles. The normalized spacial score (nSPS) is 19.8. The van der Waals surface area contributed by atoms with Crippen molar-refractivity contribution in [1.29, 1.82) is 0 Å². The molecule has 1 aliphatic carbocycles. The Hall–Kier alpha value is -6.18. The van der Waals surface area contributed by atoms with E-state index in [-0.39, 0.29) is 72.0 Å². The molecule has 1 amide bonds. The first-order valence-corrected chi connectivity index (χ1v) is 24.3. The van der Waals surface area contributed by atoms with Gasteiger partial charge in [-0.05, 0) is 85.7 Å². The van der Waals surface area contributed by atoms with Crippen LogP contribution in [0.5, 0.6) is 11.5 Å². The molecule has 6 aromatic rings. The third-order valence-corrected chi connectivity index (χ3v) is 15.7. The number of rotatable bonds is 13.